The van der Waals surface area contributed by atoms with Gasteiger partial charge in [0.2, 0.25) is 11.8 Å². The van der Waals surface area contributed by atoms with Gasteiger partial charge in [-0.15, -0.1) is 0 Å². The number of carbonyl (C=O) groups is 3. The maximum Gasteiger partial charge on any atom is 0.254 e. The van der Waals surface area contributed by atoms with Crippen molar-refractivity contribution in [3.05, 3.63) is 59.1 Å². The maximum atomic E-state index is 12.2. The molecule has 0 aliphatic carbocycles. The average Bonchev–Trinajstić information content (AvgIpc) is 2.67. The minimum Gasteiger partial charge on any atom is -0.340 e. The number of fused-ring (bicyclic) bond motifs is 1. The molecule has 1 unspecified atom stereocenters. The summed E-state index contributed by atoms with van der Waals surface area (Å²) >= 11 is 5.99. The maximum absolute atomic E-state index is 12.2. The van der Waals surface area contributed by atoms with Crippen molar-refractivity contribution >= 4 is 40.7 Å². The zero-order valence-electron chi connectivity index (χ0n) is 12.5. The van der Waals surface area contributed by atoms with Crippen molar-refractivity contribution in [1.29, 1.82) is 0 Å². The van der Waals surface area contributed by atoms with E-state index < -0.39 is 23.8 Å². The second-order valence-corrected chi connectivity index (χ2v) is 5.70. The summed E-state index contributed by atoms with van der Waals surface area (Å²) in [4.78, 5) is 36.6. The van der Waals surface area contributed by atoms with Crippen LogP contribution in [-0.4, -0.2) is 23.8 Å². The highest BCUT2D eigenvalue weighted by Gasteiger charge is 2.29. The minimum atomic E-state index is -0.965. The molecule has 0 fully saturated rings. The van der Waals surface area contributed by atoms with E-state index in [1.54, 1.807) is 48.5 Å². The number of carbonyl (C=O) groups excluding carboxylic acids is 3. The molecule has 0 radical (unpaired) electrons. The molecule has 3 N–H and O–H groups in total. The van der Waals surface area contributed by atoms with Crippen molar-refractivity contribution < 1.29 is 14.4 Å². The number of anilines is 2. The predicted molar refractivity (Wildman–Crippen MR) is 91.0 cm³/mol. The van der Waals surface area contributed by atoms with E-state index in [4.69, 9.17) is 11.6 Å². The van der Waals surface area contributed by atoms with Crippen LogP contribution < -0.4 is 16.0 Å². The van der Waals surface area contributed by atoms with E-state index >= 15 is 0 Å². The fraction of sp³-hybridized carbons (Fsp3) is 0.118. The molecule has 6 nitrogen and oxygen atoms in total. The lowest BCUT2D eigenvalue weighted by atomic mass is 10.1. The fourth-order valence-electron chi connectivity index (χ4n) is 2.40. The van der Waals surface area contributed by atoms with Crippen LogP contribution in [0.15, 0.2) is 48.5 Å². The van der Waals surface area contributed by atoms with Crippen LogP contribution in [0.2, 0.25) is 5.02 Å². The largest absolute Gasteiger partial charge is 0.340 e. The number of benzene rings is 2. The summed E-state index contributed by atoms with van der Waals surface area (Å²) in [6.45, 7) is 0. The summed E-state index contributed by atoms with van der Waals surface area (Å²) in [5, 5.41) is 8.25. The van der Waals surface area contributed by atoms with Gasteiger partial charge in [-0.2, -0.15) is 0 Å². The Balaban J connectivity index is 1.72. The Bertz CT molecular complexity index is 822. The molecule has 0 aromatic heterocycles. The van der Waals surface area contributed by atoms with Gasteiger partial charge in [0.25, 0.3) is 5.91 Å². The van der Waals surface area contributed by atoms with Crippen molar-refractivity contribution in [3.8, 4) is 0 Å². The molecular weight excluding hydrogens is 330 g/mol. The summed E-state index contributed by atoms with van der Waals surface area (Å²) in [7, 11) is 0. The Kier molecular flexibility index (Phi) is 4.48. The lowest BCUT2D eigenvalue weighted by molar-refractivity contribution is -0.122. The molecule has 3 rings (SSSR count). The fourth-order valence-corrected chi connectivity index (χ4v) is 2.59. The van der Waals surface area contributed by atoms with Crippen molar-refractivity contribution in [2.75, 3.05) is 10.6 Å². The molecule has 1 atom stereocenters. The smallest absolute Gasteiger partial charge is 0.254 e. The highest BCUT2D eigenvalue weighted by atomic mass is 35.5. The van der Waals surface area contributed by atoms with Crippen LogP contribution >= 0.6 is 11.6 Å². The third-order valence-corrected chi connectivity index (χ3v) is 3.92. The zero-order valence-corrected chi connectivity index (χ0v) is 13.3. The minimum absolute atomic E-state index is 0.198. The topological polar surface area (TPSA) is 87.3 Å². The van der Waals surface area contributed by atoms with Crippen molar-refractivity contribution in [1.82, 2.24) is 5.32 Å². The van der Waals surface area contributed by atoms with E-state index in [-0.39, 0.29) is 6.42 Å². The van der Waals surface area contributed by atoms with Crippen LogP contribution in [0.5, 0.6) is 0 Å². The molecular formula is C17H14ClN3O3. The first-order valence-electron chi connectivity index (χ1n) is 7.30. The van der Waals surface area contributed by atoms with Crippen LogP contribution in [0, 0.1) is 0 Å². The molecule has 1 aliphatic rings. The van der Waals surface area contributed by atoms with Gasteiger partial charge in [0.1, 0.15) is 6.04 Å². The second kappa shape index (κ2) is 6.72. The van der Waals surface area contributed by atoms with E-state index in [1.165, 1.54) is 0 Å². The Morgan fingerprint density at radius 2 is 1.79 bits per heavy atom. The van der Waals surface area contributed by atoms with Crippen molar-refractivity contribution in [2.45, 2.75) is 12.5 Å². The van der Waals surface area contributed by atoms with Gasteiger partial charge in [0, 0.05) is 0 Å². The molecule has 1 heterocycles. The third-order valence-electron chi connectivity index (χ3n) is 3.59. The van der Waals surface area contributed by atoms with E-state index in [0.717, 1.165) is 0 Å². The highest BCUT2D eigenvalue weighted by Crippen LogP contribution is 2.22. The summed E-state index contributed by atoms with van der Waals surface area (Å²) in [6.07, 6.45) is -0.198. The Labute approximate surface area is 143 Å². The van der Waals surface area contributed by atoms with Gasteiger partial charge in [0.05, 0.1) is 28.4 Å². The van der Waals surface area contributed by atoms with Gasteiger partial charge in [-0.3, -0.25) is 14.4 Å². The first kappa shape index (κ1) is 16.0. The van der Waals surface area contributed by atoms with E-state index in [0.29, 0.717) is 22.0 Å². The number of hydrogen-bond donors (Lipinski definition) is 3. The molecule has 3 amide bonds. The molecule has 0 spiro atoms. The van der Waals surface area contributed by atoms with Gasteiger partial charge >= 0.3 is 0 Å². The molecule has 2 aromatic carbocycles. The summed E-state index contributed by atoms with van der Waals surface area (Å²) in [5.41, 5.74) is 1.24. The number of amides is 3. The number of para-hydroxylation sites is 2. The molecule has 0 saturated carbocycles. The standard InChI is InChI=1S/C17H14ClN3O3/c18-11-6-2-4-8-13(11)19-15(22)9-14-17(24)20-12-7-3-1-5-10(12)16(23)21-14/h1-8,14H,9H2,(H,19,22)(H,20,24)(H,21,23). The molecule has 7 heteroatoms. The predicted octanol–water partition coefficient (Wildman–Crippen LogP) is 2.42. The lowest BCUT2D eigenvalue weighted by Gasteiger charge is -2.14. The lowest BCUT2D eigenvalue weighted by Crippen LogP contribution is -2.43. The van der Waals surface area contributed by atoms with E-state index in [9.17, 15) is 14.4 Å². The molecule has 1 aliphatic heterocycles. The Morgan fingerprint density at radius 3 is 2.58 bits per heavy atom. The Hall–Kier alpha value is -2.86. The third kappa shape index (κ3) is 3.38. The van der Waals surface area contributed by atoms with Crippen LogP contribution in [0.4, 0.5) is 11.4 Å². The quantitative estimate of drug-likeness (QED) is 0.799. The number of halogens is 1. The van der Waals surface area contributed by atoms with E-state index in [2.05, 4.69) is 16.0 Å². The van der Waals surface area contributed by atoms with Crippen LogP contribution in [0.3, 0.4) is 0 Å². The monoisotopic (exact) mass is 343 g/mol. The molecule has 24 heavy (non-hydrogen) atoms. The van der Waals surface area contributed by atoms with Crippen molar-refractivity contribution in [2.24, 2.45) is 0 Å². The number of hydrogen-bond acceptors (Lipinski definition) is 3. The van der Waals surface area contributed by atoms with Gasteiger partial charge in [-0.1, -0.05) is 35.9 Å². The zero-order chi connectivity index (χ0) is 17.1. The van der Waals surface area contributed by atoms with Crippen molar-refractivity contribution in [3.63, 3.8) is 0 Å². The summed E-state index contributed by atoms with van der Waals surface area (Å²) in [5.74, 6) is -1.27. The average molecular weight is 344 g/mol. The van der Waals surface area contributed by atoms with Gasteiger partial charge in [0.15, 0.2) is 0 Å². The van der Waals surface area contributed by atoms with E-state index in [1.807, 2.05) is 0 Å². The highest BCUT2D eigenvalue weighted by molar-refractivity contribution is 6.33. The van der Waals surface area contributed by atoms with Gasteiger partial charge in [-0.25, -0.2) is 0 Å². The molecule has 2 aromatic rings. The first-order valence-corrected chi connectivity index (χ1v) is 7.67. The normalized spacial score (nSPS) is 16.5. The molecule has 122 valence electrons. The number of nitrogens with one attached hydrogen (secondary N) is 3. The first-order chi connectivity index (χ1) is 11.5. The van der Waals surface area contributed by atoms with Crippen LogP contribution in [0.25, 0.3) is 0 Å². The SMILES string of the molecule is O=C(CC1NC(=O)c2ccccc2NC1=O)Nc1ccccc1Cl. The van der Waals surface area contributed by atoms with Crippen LogP contribution in [0.1, 0.15) is 16.8 Å². The van der Waals surface area contributed by atoms with Gasteiger partial charge in [-0.05, 0) is 24.3 Å². The number of rotatable bonds is 3. The van der Waals surface area contributed by atoms with Crippen LogP contribution in [-0.2, 0) is 9.59 Å². The molecule has 0 saturated heterocycles. The Morgan fingerprint density at radius 1 is 1.08 bits per heavy atom. The summed E-state index contributed by atoms with van der Waals surface area (Å²) < 4.78 is 0. The second-order valence-electron chi connectivity index (χ2n) is 5.29. The van der Waals surface area contributed by atoms with Gasteiger partial charge < -0.3 is 16.0 Å². The summed E-state index contributed by atoms with van der Waals surface area (Å²) in [6, 6.07) is 12.5. The molecule has 0 bridgehead atoms.